The number of hydrogen-bond donors (Lipinski definition) is 1. The molecule has 6 heteroatoms. The van der Waals surface area contributed by atoms with E-state index in [1.165, 1.54) is 18.3 Å². The van der Waals surface area contributed by atoms with E-state index in [-0.39, 0.29) is 18.2 Å². The van der Waals surface area contributed by atoms with Crippen molar-refractivity contribution in [3.63, 3.8) is 0 Å². The number of carbonyl (C=O) groups is 2. The van der Waals surface area contributed by atoms with Gasteiger partial charge in [0, 0.05) is 26.4 Å². The van der Waals surface area contributed by atoms with E-state index >= 15 is 0 Å². The molecule has 0 aliphatic rings. The molecule has 0 saturated carbocycles. The Morgan fingerprint density at radius 3 is 2.62 bits per heavy atom. The van der Waals surface area contributed by atoms with E-state index < -0.39 is 6.04 Å². The molecule has 1 aromatic heterocycles. The predicted molar refractivity (Wildman–Crippen MR) is 93.0 cm³/mol. The first-order chi connectivity index (χ1) is 11.6. The molecule has 0 aliphatic heterocycles. The highest BCUT2D eigenvalue weighted by atomic mass is 32.1. The number of hydrogen-bond acceptors (Lipinski definition) is 4. The van der Waals surface area contributed by atoms with E-state index in [2.05, 4.69) is 11.4 Å². The van der Waals surface area contributed by atoms with Gasteiger partial charge in [0.25, 0.3) is 0 Å². The number of amides is 2. The predicted octanol–water partition coefficient (Wildman–Crippen LogP) is 2.87. The maximum Gasteiger partial charge on any atom is 0.223 e. The van der Waals surface area contributed by atoms with Gasteiger partial charge < -0.3 is 10.2 Å². The summed E-state index contributed by atoms with van der Waals surface area (Å²) in [6.45, 7) is 2.28. The fourth-order valence-electron chi connectivity index (χ4n) is 2.25. The van der Waals surface area contributed by atoms with Gasteiger partial charge in [0.1, 0.15) is 6.04 Å². The van der Waals surface area contributed by atoms with Crippen LogP contribution >= 0.6 is 11.3 Å². The molecular formula is C18H19N3O2S. The lowest BCUT2D eigenvalue weighted by molar-refractivity contribution is -0.130. The average Bonchev–Trinajstić information content (AvgIpc) is 3.11. The summed E-state index contributed by atoms with van der Waals surface area (Å²) in [7, 11) is 0. The van der Waals surface area contributed by atoms with Crippen LogP contribution in [0.4, 0.5) is 0 Å². The van der Waals surface area contributed by atoms with E-state index in [0.29, 0.717) is 13.1 Å². The van der Waals surface area contributed by atoms with Crippen molar-refractivity contribution in [1.29, 1.82) is 5.26 Å². The third-order valence-electron chi connectivity index (χ3n) is 3.58. The van der Waals surface area contributed by atoms with Crippen LogP contribution in [0, 0.1) is 11.3 Å². The lowest BCUT2D eigenvalue weighted by atomic mass is 10.1. The molecule has 2 aromatic rings. The van der Waals surface area contributed by atoms with Crippen LogP contribution < -0.4 is 5.32 Å². The summed E-state index contributed by atoms with van der Waals surface area (Å²) in [4.78, 5) is 25.5. The van der Waals surface area contributed by atoms with Crippen LogP contribution in [0.5, 0.6) is 0 Å². The third-order valence-corrected chi connectivity index (χ3v) is 4.28. The van der Waals surface area contributed by atoms with Crippen LogP contribution in [-0.4, -0.2) is 23.3 Å². The molecule has 2 rings (SSSR count). The van der Waals surface area contributed by atoms with E-state index in [9.17, 15) is 14.9 Å². The molecule has 1 heterocycles. The van der Waals surface area contributed by atoms with Gasteiger partial charge in [0.05, 0.1) is 6.07 Å². The number of benzene rings is 1. The Hall–Kier alpha value is -2.65. The molecule has 0 fully saturated rings. The van der Waals surface area contributed by atoms with Crippen LogP contribution in [0.15, 0.2) is 47.2 Å². The number of thiophene rings is 1. The zero-order valence-corrected chi connectivity index (χ0v) is 14.3. The Balaban J connectivity index is 1.88. The van der Waals surface area contributed by atoms with E-state index in [4.69, 9.17) is 0 Å². The van der Waals surface area contributed by atoms with E-state index in [1.54, 1.807) is 4.90 Å². The first-order valence-corrected chi connectivity index (χ1v) is 8.55. The zero-order chi connectivity index (χ0) is 17.4. The minimum atomic E-state index is -0.649. The van der Waals surface area contributed by atoms with Gasteiger partial charge in [-0.1, -0.05) is 30.3 Å². The van der Waals surface area contributed by atoms with Crippen molar-refractivity contribution in [3.05, 3.63) is 58.3 Å². The summed E-state index contributed by atoms with van der Waals surface area (Å²) in [6, 6.07) is 12.9. The van der Waals surface area contributed by atoms with Crippen molar-refractivity contribution in [2.75, 3.05) is 6.54 Å². The quantitative estimate of drug-likeness (QED) is 0.841. The van der Waals surface area contributed by atoms with Gasteiger partial charge in [-0.15, -0.1) is 0 Å². The molecule has 0 bridgehead atoms. The van der Waals surface area contributed by atoms with Crippen LogP contribution in [0.3, 0.4) is 0 Å². The Kier molecular flexibility index (Phi) is 6.52. The first kappa shape index (κ1) is 17.7. The monoisotopic (exact) mass is 341 g/mol. The van der Waals surface area contributed by atoms with Crippen molar-refractivity contribution in [3.8, 4) is 6.07 Å². The second-order valence-electron chi connectivity index (χ2n) is 5.36. The summed E-state index contributed by atoms with van der Waals surface area (Å²) in [5, 5.41) is 15.6. The summed E-state index contributed by atoms with van der Waals surface area (Å²) >= 11 is 1.48. The molecule has 0 radical (unpaired) electrons. The second-order valence-corrected chi connectivity index (χ2v) is 6.14. The van der Waals surface area contributed by atoms with Gasteiger partial charge >= 0.3 is 0 Å². The van der Waals surface area contributed by atoms with Gasteiger partial charge in [0.2, 0.25) is 11.8 Å². The van der Waals surface area contributed by atoms with Gasteiger partial charge in [-0.2, -0.15) is 16.6 Å². The molecule has 1 atom stereocenters. The molecule has 0 saturated heterocycles. The number of nitrogens with zero attached hydrogens (tertiary/aromatic N) is 2. The van der Waals surface area contributed by atoms with Crippen molar-refractivity contribution in [1.82, 2.24) is 10.2 Å². The number of rotatable bonds is 7. The van der Waals surface area contributed by atoms with Gasteiger partial charge in [0.15, 0.2) is 0 Å². The molecule has 24 heavy (non-hydrogen) atoms. The standard InChI is InChI=1S/C18H19N3O2S/c1-14(22)21(12-15-5-3-2-4-6-15)9-7-18(23)20-17(11-19)16-8-10-24-13-16/h2-6,8,10,13,17H,7,9,12H2,1H3,(H,20,23). The molecule has 5 nitrogen and oxygen atoms in total. The zero-order valence-electron chi connectivity index (χ0n) is 13.4. The van der Waals surface area contributed by atoms with Crippen molar-refractivity contribution >= 4 is 23.2 Å². The fraction of sp³-hybridized carbons (Fsp3) is 0.278. The molecular weight excluding hydrogens is 322 g/mol. The van der Waals surface area contributed by atoms with Gasteiger partial charge in [-0.25, -0.2) is 0 Å². The van der Waals surface area contributed by atoms with Crippen LogP contribution in [0.1, 0.15) is 30.5 Å². The van der Waals surface area contributed by atoms with Crippen LogP contribution in [0.25, 0.3) is 0 Å². The summed E-state index contributed by atoms with van der Waals surface area (Å²) in [5.41, 5.74) is 1.80. The summed E-state index contributed by atoms with van der Waals surface area (Å²) < 4.78 is 0. The number of nitrogens with one attached hydrogen (secondary N) is 1. The summed E-state index contributed by atoms with van der Waals surface area (Å²) in [6.07, 6.45) is 0.161. The lowest BCUT2D eigenvalue weighted by Gasteiger charge is -2.21. The normalized spacial score (nSPS) is 11.3. The topological polar surface area (TPSA) is 73.2 Å². The van der Waals surface area contributed by atoms with Crippen molar-refractivity contribution in [2.45, 2.75) is 25.9 Å². The highest BCUT2D eigenvalue weighted by Crippen LogP contribution is 2.15. The van der Waals surface area contributed by atoms with Gasteiger partial charge in [-0.3, -0.25) is 9.59 Å². The van der Waals surface area contributed by atoms with E-state index in [0.717, 1.165) is 11.1 Å². The van der Waals surface area contributed by atoms with Crippen LogP contribution in [0.2, 0.25) is 0 Å². The van der Waals surface area contributed by atoms with Gasteiger partial charge in [-0.05, 0) is 28.0 Å². The molecule has 1 N–H and O–H groups in total. The molecule has 2 amide bonds. The molecule has 0 spiro atoms. The Labute approximate surface area is 145 Å². The minimum absolute atomic E-state index is 0.0821. The smallest absolute Gasteiger partial charge is 0.223 e. The second kappa shape index (κ2) is 8.85. The van der Waals surface area contributed by atoms with Crippen molar-refractivity contribution in [2.24, 2.45) is 0 Å². The fourth-order valence-corrected chi connectivity index (χ4v) is 2.94. The third kappa shape index (κ3) is 5.21. The maximum absolute atomic E-state index is 12.1. The Bertz CT molecular complexity index is 708. The molecule has 1 aromatic carbocycles. The highest BCUT2D eigenvalue weighted by molar-refractivity contribution is 7.08. The summed E-state index contributed by atoms with van der Waals surface area (Å²) in [5.74, 6) is -0.326. The van der Waals surface area contributed by atoms with Crippen LogP contribution in [-0.2, 0) is 16.1 Å². The lowest BCUT2D eigenvalue weighted by Crippen LogP contribution is -2.34. The molecule has 1 unspecified atom stereocenters. The Morgan fingerprint density at radius 1 is 1.29 bits per heavy atom. The SMILES string of the molecule is CC(=O)N(CCC(=O)NC(C#N)c1ccsc1)Cc1ccccc1. The molecule has 0 aliphatic carbocycles. The Morgan fingerprint density at radius 2 is 2.04 bits per heavy atom. The largest absolute Gasteiger partial charge is 0.338 e. The number of carbonyl (C=O) groups excluding carboxylic acids is 2. The van der Waals surface area contributed by atoms with Crippen molar-refractivity contribution < 1.29 is 9.59 Å². The average molecular weight is 341 g/mol. The van der Waals surface area contributed by atoms with E-state index in [1.807, 2.05) is 47.2 Å². The highest BCUT2D eigenvalue weighted by Gasteiger charge is 2.16. The first-order valence-electron chi connectivity index (χ1n) is 7.60. The minimum Gasteiger partial charge on any atom is -0.338 e. The number of nitriles is 1. The molecule has 124 valence electrons. The maximum atomic E-state index is 12.1.